The first-order chi connectivity index (χ1) is 9.29. The highest BCUT2D eigenvalue weighted by molar-refractivity contribution is 4.93. The first-order valence-electron chi connectivity index (χ1n) is 8.32. The quantitative estimate of drug-likeness (QED) is 0.807. The van der Waals surface area contributed by atoms with Crippen LogP contribution in [-0.2, 0) is 4.74 Å². The van der Waals surface area contributed by atoms with E-state index in [0.29, 0.717) is 11.8 Å². The Morgan fingerprint density at radius 2 is 1.89 bits per heavy atom. The van der Waals surface area contributed by atoms with Crippen LogP contribution in [0.5, 0.6) is 0 Å². The average molecular weight is 267 g/mol. The van der Waals surface area contributed by atoms with Crippen LogP contribution in [0.1, 0.15) is 57.8 Å². The van der Waals surface area contributed by atoms with Crippen LogP contribution >= 0.6 is 0 Å². The van der Waals surface area contributed by atoms with Gasteiger partial charge >= 0.3 is 0 Å². The van der Waals surface area contributed by atoms with Crippen molar-refractivity contribution in [1.29, 1.82) is 0 Å². The van der Waals surface area contributed by atoms with E-state index in [2.05, 4.69) is 5.32 Å². The molecule has 3 atom stereocenters. The van der Waals surface area contributed by atoms with Gasteiger partial charge in [0.25, 0.3) is 0 Å². The van der Waals surface area contributed by atoms with Crippen molar-refractivity contribution >= 4 is 0 Å². The van der Waals surface area contributed by atoms with Crippen molar-refractivity contribution in [2.75, 3.05) is 19.7 Å². The third-order valence-electron chi connectivity index (χ3n) is 5.60. The normalized spacial score (nSPS) is 37.1. The highest BCUT2D eigenvalue weighted by Crippen LogP contribution is 2.42. The van der Waals surface area contributed by atoms with Gasteiger partial charge < -0.3 is 15.2 Å². The van der Waals surface area contributed by atoms with Crippen molar-refractivity contribution in [1.82, 2.24) is 5.32 Å². The predicted octanol–water partition coefficient (Wildman–Crippen LogP) is 2.48. The summed E-state index contributed by atoms with van der Waals surface area (Å²) in [6, 6.07) is 0. The van der Waals surface area contributed by atoms with Crippen LogP contribution in [0.25, 0.3) is 0 Å². The van der Waals surface area contributed by atoms with Gasteiger partial charge in [0.05, 0.1) is 11.7 Å². The fraction of sp³-hybridized carbons (Fsp3) is 1.00. The summed E-state index contributed by atoms with van der Waals surface area (Å²) in [5.41, 5.74) is 0.129. The van der Waals surface area contributed by atoms with Gasteiger partial charge in [0.2, 0.25) is 0 Å². The first-order valence-corrected chi connectivity index (χ1v) is 8.32. The van der Waals surface area contributed by atoms with E-state index < -0.39 is 0 Å². The van der Waals surface area contributed by atoms with Gasteiger partial charge in [-0.05, 0) is 56.9 Å². The van der Waals surface area contributed by atoms with Crippen LogP contribution in [0, 0.1) is 11.8 Å². The number of aliphatic hydroxyl groups is 1. The number of rotatable bonds is 2. The maximum absolute atomic E-state index is 10.7. The van der Waals surface area contributed by atoms with E-state index in [1.807, 2.05) is 0 Å². The van der Waals surface area contributed by atoms with Crippen LogP contribution in [0.2, 0.25) is 0 Å². The number of aliphatic hydroxyl groups excluding tert-OH is 1. The summed E-state index contributed by atoms with van der Waals surface area (Å²) in [6.45, 7) is 2.99. The van der Waals surface area contributed by atoms with Crippen molar-refractivity contribution in [2.24, 2.45) is 11.8 Å². The van der Waals surface area contributed by atoms with Gasteiger partial charge in [0.1, 0.15) is 0 Å². The molecule has 2 saturated heterocycles. The summed E-state index contributed by atoms with van der Waals surface area (Å²) in [5, 5.41) is 14.2. The maximum Gasteiger partial charge on any atom is 0.0686 e. The molecule has 2 N–H and O–H groups in total. The topological polar surface area (TPSA) is 41.5 Å². The molecule has 2 aliphatic heterocycles. The Morgan fingerprint density at radius 3 is 2.63 bits per heavy atom. The lowest BCUT2D eigenvalue weighted by Crippen LogP contribution is -2.48. The smallest absolute Gasteiger partial charge is 0.0686 e. The minimum absolute atomic E-state index is 0.115. The fourth-order valence-electron chi connectivity index (χ4n) is 4.46. The van der Waals surface area contributed by atoms with Crippen LogP contribution < -0.4 is 5.32 Å². The van der Waals surface area contributed by atoms with Gasteiger partial charge in [0.15, 0.2) is 0 Å². The fourth-order valence-corrected chi connectivity index (χ4v) is 4.46. The Hall–Kier alpha value is -0.120. The molecule has 0 bridgehead atoms. The van der Waals surface area contributed by atoms with Gasteiger partial charge in [-0.1, -0.05) is 19.3 Å². The molecule has 2 heterocycles. The lowest BCUT2D eigenvalue weighted by atomic mass is 9.72. The number of piperidine rings is 1. The maximum atomic E-state index is 10.7. The summed E-state index contributed by atoms with van der Waals surface area (Å²) in [5.74, 6) is 0.939. The van der Waals surface area contributed by atoms with E-state index in [1.54, 1.807) is 0 Å². The van der Waals surface area contributed by atoms with Crippen molar-refractivity contribution in [3.8, 4) is 0 Å². The molecule has 3 heteroatoms. The average Bonchev–Trinajstić information content (AvgIpc) is 2.48. The molecule has 1 aliphatic carbocycles. The van der Waals surface area contributed by atoms with Gasteiger partial charge in [-0.15, -0.1) is 0 Å². The molecule has 3 rings (SSSR count). The lowest BCUT2D eigenvalue weighted by molar-refractivity contribution is -0.139. The third kappa shape index (κ3) is 3.14. The molecule has 110 valence electrons. The highest BCUT2D eigenvalue weighted by Gasteiger charge is 2.42. The first kappa shape index (κ1) is 13.8. The molecule has 0 aromatic heterocycles. The molecule has 0 amide bonds. The zero-order valence-corrected chi connectivity index (χ0v) is 12.1. The van der Waals surface area contributed by atoms with E-state index in [-0.39, 0.29) is 11.7 Å². The van der Waals surface area contributed by atoms with E-state index in [9.17, 15) is 5.11 Å². The highest BCUT2D eigenvalue weighted by atomic mass is 16.5. The van der Waals surface area contributed by atoms with Crippen molar-refractivity contribution in [2.45, 2.75) is 69.5 Å². The predicted molar refractivity (Wildman–Crippen MR) is 76.1 cm³/mol. The van der Waals surface area contributed by atoms with Crippen LogP contribution in [0.4, 0.5) is 0 Å². The molecule has 0 aromatic carbocycles. The molecular formula is C16H29NO2. The largest absolute Gasteiger partial charge is 0.392 e. The molecule has 3 unspecified atom stereocenters. The van der Waals surface area contributed by atoms with Gasteiger partial charge in [-0.25, -0.2) is 0 Å². The summed E-state index contributed by atoms with van der Waals surface area (Å²) in [7, 11) is 0. The van der Waals surface area contributed by atoms with Gasteiger partial charge in [-0.2, -0.15) is 0 Å². The molecular weight excluding hydrogens is 238 g/mol. The SMILES string of the molecule is OC(C1CCCNC1)C1CCOC2(CCCCC2)C1. The monoisotopic (exact) mass is 267 g/mol. The van der Waals surface area contributed by atoms with Gasteiger partial charge in [0, 0.05) is 13.2 Å². The molecule has 3 aliphatic rings. The minimum atomic E-state index is -0.115. The Balaban J connectivity index is 1.60. The van der Waals surface area contributed by atoms with E-state index in [0.717, 1.165) is 32.5 Å². The van der Waals surface area contributed by atoms with Crippen molar-refractivity contribution in [3.05, 3.63) is 0 Å². The molecule has 0 aromatic rings. The molecule has 19 heavy (non-hydrogen) atoms. The van der Waals surface area contributed by atoms with Crippen molar-refractivity contribution in [3.63, 3.8) is 0 Å². The summed E-state index contributed by atoms with van der Waals surface area (Å²) in [6.07, 6.45) is 10.9. The zero-order chi connectivity index (χ0) is 13.1. The summed E-state index contributed by atoms with van der Waals surface area (Å²) < 4.78 is 6.15. The zero-order valence-electron chi connectivity index (χ0n) is 12.1. The molecule has 3 fully saturated rings. The van der Waals surface area contributed by atoms with Crippen LogP contribution in [-0.4, -0.2) is 36.5 Å². The second kappa shape index (κ2) is 6.11. The molecule has 1 saturated carbocycles. The van der Waals surface area contributed by atoms with E-state index in [4.69, 9.17) is 4.74 Å². The summed E-state index contributed by atoms with van der Waals surface area (Å²) >= 11 is 0. The third-order valence-corrected chi connectivity index (χ3v) is 5.60. The Labute approximate surface area is 117 Å². The van der Waals surface area contributed by atoms with E-state index in [1.165, 1.54) is 44.9 Å². The molecule has 1 spiro atoms. The Bertz CT molecular complexity index is 277. The lowest BCUT2D eigenvalue weighted by Gasteiger charge is -2.46. The number of hydrogen-bond acceptors (Lipinski definition) is 3. The number of nitrogens with one attached hydrogen (secondary N) is 1. The van der Waals surface area contributed by atoms with Crippen molar-refractivity contribution < 1.29 is 9.84 Å². The Morgan fingerprint density at radius 1 is 1.05 bits per heavy atom. The molecule has 3 nitrogen and oxygen atoms in total. The number of ether oxygens (including phenoxy) is 1. The number of hydrogen-bond donors (Lipinski definition) is 2. The standard InChI is InChI=1S/C16H29NO2/c18-15(14-5-4-9-17-12-14)13-6-10-19-16(11-13)7-2-1-3-8-16/h13-15,17-18H,1-12H2. The second-order valence-electron chi connectivity index (χ2n) is 6.94. The minimum Gasteiger partial charge on any atom is -0.392 e. The Kier molecular flexibility index (Phi) is 4.45. The van der Waals surface area contributed by atoms with Crippen LogP contribution in [0.15, 0.2) is 0 Å². The van der Waals surface area contributed by atoms with Gasteiger partial charge in [-0.3, -0.25) is 0 Å². The second-order valence-corrected chi connectivity index (χ2v) is 6.94. The summed E-state index contributed by atoms with van der Waals surface area (Å²) in [4.78, 5) is 0. The van der Waals surface area contributed by atoms with Crippen LogP contribution in [0.3, 0.4) is 0 Å². The van der Waals surface area contributed by atoms with E-state index >= 15 is 0 Å². The molecule has 0 radical (unpaired) electrons.